The molecule has 90 valence electrons. The largest absolute Gasteiger partial charge is 0.370 e. The van der Waals surface area contributed by atoms with Crippen LogP contribution in [0.25, 0.3) is 0 Å². The number of piperidine rings is 1. The van der Waals surface area contributed by atoms with Gasteiger partial charge in [0.1, 0.15) is 5.82 Å². The van der Waals surface area contributed by atoms with Crippen molar-refractivity contribution in [3.05, 3.63) is 23.9 Å². The van der Waals surface area contributed by atoms with Crippen LogP contribution in [0.2, 0.25) is 0 Å². The summed E-state index contributed by atoms with van der Waals surface area (Å²) >= 11 is 0. The molecule has 0 aliphatic carbocycles. The highest BCUT2D eigenvalue weighted by atomic mass is 35.5. The third-order valence-corrected chi connectivity index (χ3v) is 2.88. The molecule has 1 aliphatic rings. The Kier molecular flexibility index (Phi) is 5.56. The smallest absolute Gasteiger partial charge is 0.125 e. The zero-order valence-electron chi connectivity index (χ0n) is 9.70. The second-order valence-electron chi connectivity index (χ2n) is 4.31. The predicted octanol–water partition coefficient (Wildman–Crippen LogP) is 2.22. The molecule has 1 atom stereocenters. The average Bonchev–Trinajstić information content (AvgIpc) is 2.30. The number of rotatable bonds is 3. The Morgan fingerprint density at radius 2 is 2.38 bits per heavy atom. The van der Waals surface area contributed by atoms with E-state index in [4.69, 9.17) is 0 Å². The summed E-state index contributed by atoms with van der Waals surface area (Å²) in [6, 6.07) is 4.14. The first-order valence-electron chi connectivity index (χ1n) is 5.72. The molecule has 1 fully saturated rings. The standard InChI is InChI=1S/C12H19N3.ClH/c1-10-4-5-12(14-7-10)15-9-11-3-2-6-13-8-11;/h4-5,7,11,13H,2-3,6,8-9H2,1H3,(H,14,15);1H. The van der Waals surface area contributed by atoms with E-state index in [9.17, 15) is 0 Å². The Morgan fingerprint density at radius 3 is 3.00 bits per heavy atom. The number of nitrogens with one attached hydrogen (secondary N) is 2. The number of hydrogen-bond acceptors (Lipinski definition) is 3. The van der Waals surface area contributed by atoms with E-state index in [1.807, 2.05) is 12.3 Å². The highest BCUT2D eigenvalue weighted by Crippen LogP contribution is 2.11. The minimum atomic E-state index is 0. The van der Waals surface area contributed by atoms with Crippen molar-refractivity contribution >= 4 is 18.2 Å². The quantitative estimate of drug-likeness (QED) is 0.852. The molecule has 1 unspecified atom stereocenters. The number of pyridine rings is 1. The van der Waals surface area contributed by atoms with Gasteiger partial charge in [-0.25, -0.2) is 4.98 Å². The Balaban J connectivity index is 0.00000128. The van der Waals surface area contributed by atoms with Crippen LogP contribution in [0.5, 0.6) is 0 Å². The number of aromatic nitrogens is 1. The molecule has 1 aromatic heterocycles. The second-order valence-corrected chi connectivity index (χ2v) is 4.31. The van der Waals surface area contributed by atoms with Crippen LogP contribution >= 0.6 is 12.4 Å². The molecule has 1 aliphatic heterocycles. The lowest BCUT2D eigenvalue weighted by atomic mass is 10.00. The molecule has 1 aromatic rings. The zero-order chi connectivity index (χ0) is 10.5. The molecule has 0 spiro atoms. The number of aryl methyl sites for hydroxylation is 1. The molecular weight excluding hydrogens is 222 g/mol. The van der Waals surface area contributed by atoms with Crippen molar-refractivity contribution < 1.29 is 0 Å². The van der Waals surface area contributed by atoms with Crippen LogP contribution in [0.1, 0.15) is 18.4 Å². The maximum atomic E-state index is 4.33. The summed E-state index contributed by atoms with van der Waals surface area (Å²) < 4.78 is 0. The van der Waals surface area contributed by atoms with Crippen LogP contribution in [0.15, 0.2) is 18.3 Å². The van der Waals surface area contributed by atoms with Crippen molar-refractivity contribution in [2.75, 3.05) is 25.0 Å². The summed E-state index contributed by atoms with van der Waals surface area (Å²) in [5.74, 6) is 1.74. The lowest BCUT2D eigenvalue weighted by Gasteiger charge is -2.23. The van der Waals surface area contributed by atoms with E-state index < -0.39 is 0 Å². The van der Waals surface area contributed by atoms with E-state index in [1.165, 1.54) is 24.9 Å². The van der Waals surface area contributed by atoms with Gasteiger partial charge in [0.15, 0.2) is 0 Å². The lowest BCUT2D eigenvalue weighted by molar-refractivity contribution is 0.392. The topological polar surface area (TPSA) is 37.0 Å². The van der Waals surface area contributed by atoms with Crippen LogP contribution in [0.4, 0.5) is 5.82 Å². The van der Waals surface area contributed by atoms with Crippen LogP contribution in [-0.4, -0.2) is 24.6 Å². The highest BCUT2D eigenvalue weighted by molar-refractivity contribution is 5.85. The monoisotopic (exact) mass is 241 g/mol. The Labute approximate surface area is 103 Å². The summed E-state index contributed by atoms with van der Waals surface area (Å²) in [6.07, 6.45) is 4.53. The molecule has 16 heavy (non-hydrogen) atoms. The van der Waals surface area contributed by atoms with Crippen molar-refractivity contribution in [1.29, 1.82) is 0 Å². The number of anilines is 1. The Hall–Kier alpha value is -0.800. The van der Waals surface area contributed by atoms with Crippen LogP contribution < -0.4 is 10.6 Å². The van der Waals surface area contributed by atoms with Gasteiger partial charge in [-0.15, -0.1) is 12.4 Å². The van der Waals surface area contributed by atoms with E-state index in [2.05, 4.69) is 28.6 Å². The van der Waals surface area contributed by atoms with E-state index in [1.54, 1.807) is 0 Å². The number of nitrogens with zero attached hydrogens (tertiary/aromatic N) is 1. The maximum Gasteiger partial charge on any atom is 0.125 e. The molecule has 2 N–H and O–H groups in total. The molecule has 2 heterocycles. The SMILES string of the molecule is Cc1ccc(NCC2CCCNC2)nc1.Cl. The first kappa shape index (κ1) is 13.3. The van der Waals surface area contributed by atoms with Crippen molar-refractivity contribution in [3.8, 4) is 0 Å². The Morgan fingerprint density at radius 1 is 1.50 bits per heavy atom. The van der Waals surface area contributed by atoms with Crippen LogP contribution in [-0.2, 0) is 0 Å². The van der Waals surface area contributed by atoms with Gasteiger partial charge in [-0.3, -0.25) is 0 Å². The highest BCUT2D eigenvalue weighted by Gasteiger charge is 2.12. The van der Waals surface area contributed by atoms with E-state index >= 15 is 0 Å². The third-order valence-electron chi connectivity index (χ3n) is 2.88. The first-order chi connectivity index (χ1) is 7.34. The second kappa shape index (κ2) is 6.71. The van der Waals surface area contributed by atoms with Gasteiger partial charge in [0.25, 0.3) is 0 Å². The van der Waals surface area contributed by atoms with Gasteiger partial charge in [0, 0.05) is 12.7 Å². The summed E-state index contributed by atoms with van der Waals surface area (Å²) in [5, 5.41) is 6.81. The molecule has 0 aromatic carbocycles. The molecule has 2 rings (SSSR count). The summed E-state index contributed by atoms with van der Waals surface area (Å²) in [5.41, 5.74) is 1.21. The van der Waals surface area contributed by atoms with Gasteiger partial charge in [0.2, 0.25) is 0 Å². The summed E-state index contributed by atoms with van der Waals surface area (Å²) in [6.45, 7) is 5.41. The van der Waals surface area contributed by atoms with Crippen LogP contribution in [0.3, 0.4) is 0 Å². The van der Waals surface area contributed by atoms with Gasteiger partial charge >= 0.3 is 0 Å². The van der Waals surface area contributed by atoms with Crippen molar-refractivity contribution in [2.24, 2.45) is 5.92 Å². The van der Waals surface area contributed by atoms with Gasteiger partial charge in [-0.1, -0.05) is 6.07 Å². The average molecular weight is 242 g/mol. The molecule has 1 saturated heterocycles. The molecule has 0 bridgehead atoms. The van der Waals surface area contributed by atoms with E-state index in [0.717, 1.165) is 24.8 Å². The van der Waals surface area contributed by atoms with Gasteiger partial charge in [-0.05, 0) is 50.4 Å². The maximum absolute atomic E-state index is 4.33. The zero-order valence-corrected chi connectivity index (χ0v) is 10.5. The minimum Gasteiger partial charge on any atom is -0.370 e. The van der Waals surface area contributed by atoms with Gasteiger partial charge in [-0.2, -0.15) is 0 Å². The number of hydrogen-bond donors (Lipinski definition) is 2. The third kappa shape index (κ3) is 3.99. The lowest BCUT2D eigenvalue weighted by Crippen LogP contribution is -2.33. The summed E-state index contributed by atoms with van der Waals surface area (Å²) in [4.78, 5) is 4.33. The number of halogens is 1. The fourth-order valence-electron chi connectivity index (χ4n) is 1.92. The molecule has 4 heteroatoms. The Bertz CT molecular complexity index is 294. The fourth-order valence-corrected chi connectivity index (χ4v) is 1.92. The molecular formula is C12H20ClN3. The normalized spacial score (nSPS) is 19.9. The fraction of sp³-hybridized carbons (Fsp3) is 0.583. The predicted molar refractivity (Wildman–Crippen MR) is 70.3 cm³/mol. The van der Waals surface area contributed by atoms with E-state index in [-0.39, 0.29) is 12.4 Å². The molecule has 0 amide bonds. The summed E-state index contributed by atoms with van der Waals surface area (Å²) in [7, 11) is 0. The first-order valence-corrected chi connectivity index (χ1v) is 5.72. The van der Waals surface area contributed by atoms with Crippen molar-refractivity contribution in [3.63, 3.8) is 0 Å². The van der Waals surface area contributed by atoms with Gasteiger partial charge in [0.05, 0.1) is 0 Å². The van der Waals surface area contributed by atoms with Gasteiger partial charge < -0.3 is 10.6 Å². The molecule has 0 radical (unpaired) electrons. The molecule has 0 saturated carbocycles. The van der Waals surface area contributed by atoms with E-state index in [0.29, 0.717) is 0 Å². The van der Waals surface area contributed by atoms with Crippen molar-refractivity contribution in [2.45, 2.75) is 19.8 Å². The van der Waals surface area contributed by atoms with Crippen LogP contribution in [0, 0.1) is 12.8 Å². The minimum absolute atomic E-state index is 0. The van der Waals surface area contributed by atoms with Crippen molar-refractivity contribution in [1.82, 2.24) is 10.3 Å². The molecule has 3 nitrogen and oxygen atoms in total.